The Bertz CT molecular complexity index is 1310. The lowest BCUT2D eigenvalue weighted by molar-refractivity contribution is 0.281. The monoisotopic (exact) mass is 528 g/mol. The van der Waals surface area contributed by atoms with Crippen molar-refractivity contribution < 1.29 is 23.7 Å². The fraction of sp³-hybridized carbons (Fsp3) is 0.281. The van der Waals surface area contributed by atoms with Crippen LogP contribution in [0.15, 0.2) is 72.8 Å². The average molecular weight is 529 g/mol. The summed E-state index contributed by atoms with van der Waals surface area (Å²) in [6.45, 7) is 1.67. The highest BCUT2D eigenvalue weighted by molar-refractivity contribution is 5.78. The maximum atomic E-state index is 5.94. The third-order valence-corrected chi connectivity index (χ3v) is 6.39. The first-order valence-electron chi connectivity index (χ1n) is 12.8. The minimum absolute atomic E-state index is 0.644. The number of hydrogen-bond acceptors (Lipinski definition) is 7. The van der Waals surface area contributed by atoms with Crippen LogP contribution in [0, 0.1) is 0 Å². The first-order chi connectivity index (χ1) is 18.9. The van der Waals surface area contributed by atoms with Gasteiger partial charge in [-0.2, -0.15) is 0 Å². The Morgan fingerprint density at radius 1 is 0.564 bits per heavy atom. The van der Waals surface area contributed by atoms with E-state index in [2.05, 4.69) is 43.3 Å². The highest BCUT2D eigenvalue weighted by Crippen LogP contribution is 2.37. The summed E-state index contributed by atoms with van der Waals surface area (Å²) >= 11 is 0. The fourth-order valence-electron chi connectivity index (χ4n) is 4.30. The van der Waals surface area contributed by atoms with E-state index in [9.17, 15) is 0 Å². The molecule has 0 bridgehead atoms. The number of ether oxygens (including phenoxy) is 5. The molecule has 0 amide bonds. The van der Waals surface area contributed by atoms with Gasteiger partial charge in [0.05, 0.1) is 46.4 Å². The number of benzene rings is 3. The van der Waals surface area contributed by atoms with Crippen LogP contribution in [0.4, 0.5) is 0 Å². The molecule has 0 atom stereocenters. The zero-order chi connectivity index (χ0) is 27.8. The summed E-state index contributed by atoms with van der Waals surface area (Å²) in [6.07, 6.45) is 0.975. The van der Waals surface area contributed by atoms with Crippen LogP contribution in [0.2, 0.25) is 0 Å². The summed E-state index contributed by atoms with van der Waals surface area (Å²) in [6, 6.07) is 24.0. The van der Waals surface area contributed by atoms with Crippen molar-refractivity contribution in [1.82, 2.24) is 9.88 Å². The number of methoxy groups -OCH3 is 4. The number of rotatable bonds is 12. The largest absolute Gasteiger partial charge is 0.494 e. The maximum absolute atomic E-state index is 5.94. The molecular weight excluding hydrogens is 492 g/mol. The van der Waals surface area contributed by atoms with E-state index in [0.29, 0.717) is 29.6 Å². The van der Waals surface area contributed by atoms with Gasteiger partial charge in [0.2, 0.25) is 0 Å². The smallest absolute Gasteiger partial charge is 0.161 e. The summed E-state index contributed by atoms with van der Waals surface area (Å²) in [7, 11) is 10.6. The van der Waals surface area contributed by atoms with Gasteiger partial charge in [-0.15, -0.1) is 0 Å². The topological polar surface area (TPSA) is 62.3 Å². The van der Waals surface area contributed by atoms with Crippen LogP contribution in [0.1, 0.15) is 6.42 Å². The molecule has 1 aromatic heterocycles. The van der Waals surface area contributed by atoms with Crippen LogP contribution < -0.4 is 23.7 Å². The quantitative estimate of drug-likeness (QED) is 0.196. The summed E-state index contributed by atoms with van der Waals surface area (Å²) in [5.74, 6) is 3.47. The van der Waals surface area contributed by atoms with Gasteiger partial charge in [-0.25, -0.2) is 4.98 Å². The second-order valence-electron chi connectivity index (χ2n) is 9.30. The van der Waals surface area contributed by atoms with Gasteiger partial charge < -0.3 is 28.6 Å². The number of aromatic nitrogens is 1. The lowest BCUT2D eigenvalue weighted by Crippen LogP contribution is -2.15. The Labute approximate surface area is 230 Å². The van der Waals surface area contributed by atoms with Crippen LogP contribution in [0.5, 0.6) is 28.7 Å². The average Bonchev–Trinajstić information content (AvgIpc) is 2.98. The van der Waals surface area contributed by atoms with Crippen molar-refractivity contribution in [3.05, 3.63) is 72.8 Å². The zero-order valence-corrected chi connectivity index (χ0v) is 23.5. The Kier molecular flexibility index (Phi) is 9.28. The van der Waals surface area contributed by atoms with Gasteiger partial charge >= 0.3 is 0 Å². The van der Waals surface area contributed by atoms with Crippen LogP contribution in [0.3, 0.4) is 0 Å². The zero-order valence-electron chi connectivity index (χ0n) is 23.5. The first-order valence-corrected chi connectivity index (χ1v) is 12.8. The molecule has 0 saturated heterocycles. The highest BCUT2D eigenvalue weighted by Gasteiger charge is 2.14. The van der Waals surface area contributed by atoms with E-state index in [-0.39, 0.29) is 0 Å². The van der Waals surface area contributed by atoms with Gasteiger partial charge in [0, 0.05) is 17.7 Å². The number of hydrogen-bond donors (Lipinski definition) is 0. The normalized spacial score (nSPS) is 10.8. The van der Waals surface area contributed by atoms with Gasteiger partial charge in [0.1, 0.15) is 5.75 Å². The second kappa shape index (κ2) is 13.0. The second-order valence-corrected chi connectivity index (χ2v) is 9.30. The summed E-state index contributed by atoms with van der Waals surface area (Å²) in [5.41, 5.74) is 5.53. The summed E-state index contributed by atoms with van der Waals surface area (Å²) in [5, 5.41) is 0. The molecule has 0 aliphatic heterocycles. The Morgan fingerprint density at radius 3 is 1.51 bits per heavy atom. The molecule has 7 nitrogen and oxygen atoms in total. The van der Waals surface area contributed by atoms with Crippen molar-refractivity contribution in [2.75, 3.05) is 55.7 Å². The lowest BCUT2D eigenvalue weighted by Gasteiger charge is -2.14. The van der Waals surface area contributed by atoms with Crippen LogP contribution in [-0.2, 0) is 0 Å². The van der Waals surface area contributed by atoms with Gasteiger partial charge in [-0.05, 0) is 92.3 Å². The van der Waals surface area contributed by atoms with E-state index in [1.807, 2.05) is 48.5 Å². The molecule has 39 heavy (non-hydrogen) atoms. The van der Waals surface area contributed by atoms with Gasteiger partial charge in [0.15, 0.2) is 23.0 Å². The molecule has 7 heteroatoms. The molecule has 0 radical (unpaired) electrons. The Balaban J connectivity index is 1.74. The molecule has 4 aromatic rings. The van der Waals surface area contributed by atoms with Crippen LogP contribution >= 0.6 is 0 Å². The van der Waals surface area contributed by atoms with E-state index in [1.165, 1.54) is 0 Å². The predicted octanol–water partition coefficient (Wildman–Crippen LogP) is 6.45. The summed E-state index contributed by atoms with van der Waals surface area (Å²) < 4.78 is 27.9. The molecule has 0 aliphatic carbocycles. The molecule has 0 unspecified atom stereocenters. The van der Waals surface area contributed by atoms with Crippen molar-refractivity contribution in [3.63, 3.8) is 0 Å². The van der Waals surface area contributed by atoms with Gasteiger partial charge in [0.25, 0.3) is 0 Å². The molecule has 0 aliphatic rings. The Hall–Kier alpha value is -4.23. The van der Waals surface area contributed by atoms with Crippen molar-refractivity contribution in [1.29, 1.82) is 0 Å². The molecule has 1 heterocycles. The molecule has 3 aromatic carbocycles. The first kappa shape index (κ1) is 27.8. The predicted molar refractivity (Wildman–Crippen MR) is 155 cm³/mol. The minimum Gasteiger partial charge on any atom is -0.494 e. The SMILES string of the molecule is COc1ccc(-c2cc(-c3ccc(OCCCN(C)C)cc3)cc(-c3ccc(OC)c(OC)c3)n2)cc1OC. The van der Waals surface area contributed by atoms with E-state index < -0.39 is 0 Å². The van der Waals surface area contributed by atoms with E-state index >= 15 is 0 Å². The van der Waals surface area contributed by atoms with Crippen LogP contribution in [-0.4, -0.2) is 65.6 Å². The van der Waals surface area contributed by atoms with Crippen molar-refractivity contribution in [2.24, 2.45) is 0 Å². The third-order valence-electron chi connectivity index (χ3n) is 6.39. The molecule has 0 fully saturated rings. The lowest BCUT2D eigenvalue weighted by atomic mass is 9.99. The molecular formula is C32H36N2O5. The third kappa shape index (κ3) is 6.81. The van der Waals surface area contributed by atoms with E-state index in [0.717, 1.165) is 52.4 Å². The van der Waals surface area contributed by atoms with E-state index in [4.69, 9.17) is 28.7 Å². The Morgan fingerprint density at radius 2 is 1.05 bits per heavy atom. The van der Waals surface area contributed by atoms with Gasteiger partial charge in [-0.3, -0.25) is 0 Å². The number of pyridine rings is 1. The molecule has 0 N–H and O–H groups in total. The molecule has 0 spiro atoms. The van der Waals surface area contributed by atoms with Gasteiger partial charge in [-0.1, -0.05) is 12.1 Å². The van der Waals surface area contributed by atoms with E-state index in [1.54, 1.807) is 28.4 Å². The molecule has 204 valence electrons. The highest BCUT2D eigenvalue weighted by atomic mass is 16.5. The van der Waals surface area contributed by atoms with Crippen molar-refractivity contribution >= 4 is 0 Å². The van der Waals surface area contributed by atoms with Crippen LogP contribution in [0.25, 0.3) is 33.6 Å². The standard InChI is InChI=1S/C32H36N2O5/c1-34(2)16-7-17-39-26-12-8-22(9-13-26)25-18-27(23-10-14-29(35-3)31(20-23)37-5)33-28(19-25)24-11-15-30(36-4)32(21-24)38-6/h8-15,18-21H,7,16-17H2,1-6H3. The molecule has 4 rings (SSSR count). The summed E-state index contributed by atoms with van der Waals surface area (Å²) in [4.78, 5) is 7.18. The van der Waals surface area contributed by atoms with Crippen molar-refractivity contribution in [3.8, 4) is 62.4 Å². The maximum Gasteiger partial charge on any atom is 0.161 e. The fourth-order valence-corrected chi connectivity index (χ4v) is 4.30. The number of nitrogens with zero attached hydrogens (tertiary/aromatic N) is 2. The minimum atomic E-state index is 0.644. The molecule has 0 saturated carbocycles. The van der Waals surface area contributed by atoms with Crippen molar-refractivity contribution in [2.45, 2.75) is 6.42 Å².